The lowest BCUT2D eigenvalue weighted by Crippen LogP contribution is -2.38. The highest BCUT2D eigenvalue weighted by molar-refractivity contribution is 9.10. The van der Waals surface area contributed by atoms with Crippen LogP contribution >= 0.6 is 38.9 Å². The Hall–Kier alpha value is -3.71. The minimum atomic E-state index is -0.227. The average Bonchev–Trinajstić information content (AvgIpc) is 3.30. The fourth-order valence-corrected chi connectivity index (χ4v) is 7.22. The third kappa shape index (κ3) is 5.01. The molecule has 0 spiro atoms. The fourth-order valence-electron chi connectivity index (χ4n) is 5.58. The van der Waals surface area contributed by atoms with Crippen molar-refractivity contribution in [2.45, 2.75) is 25.5 Å². The molecule has 0 fully saturated rings. The highest BCUT2D eigenvalue weighted by Crippen LogP contribution is 2.41. The van der Waals surface area contributed by atoms with Crippen molar-refractivity contribution in [1.82, 2.24) is 4.57 Å². The van der Waals surface area contributed by atoms with Gasteiger partial charge in [-0.15, -0.1) is 0 Å². The second-order valence-corrected chi connectivity index (χ2v) is 12.4. The molecule has 7 rings (SSSR count). The third-order valence-electron chi connectivity index (χ3n) is 7.55. The quantitative estimate of drug-likeness (QED) is 0.202. The van der Waals surface area contributed by atoms with E-state index in [-0.39, 0.29) is 11.6 Å². The molecule has 2 aliphatic rings. The molecule has 1 aliphatic heterocycles. The number of allylic oxidation sites excluding steroid dienone is 1. The Kier molecular flexibility index (Phi) is 6.99. The largest absolute Gasteiger partial charge is 0.488 e. The number of hydrogen-bond acceptors (Lipinski definition) is 4. The maximum absolute atomic E-state index is 14.0. The molecule has 202 valence electrons. The van der Waals surface area contributed by atoms with Crippen molar-refractivity contribution >= 4 is 50.6 Å². The van der Waals surface area contributed by atoms with Crippen molar-refractivity contribution < 1.29 is 4.74 Å². The van der Waals surface area contributed by atoms with Gasteiger partial charge in [0.2, 0.25) is 0 Å². The van der Waals surface area contributed by atoms with Crippen LogP contribution in [0.25, 0.3) is 11.8 Å². The Balaban J connectivity index is 1.31. The number of halogens is 2. The Morgan fingerprint density at radius 1 is 0.976 bits per heavy atom. The topological polar surface area (TPSA) is 43.6 Å². The number of thiazole rings is 1. The SMILES string of the molecule is O=c1/c(=C\c2ccc(OCc3ccccc3)c(Br)c2)sc2n1[C@@H](c1ccc(Cl)cc1)C1=C(N=2)c2ccccc2CC1. The first-order chi connectivity index (χ1) is 20.0. The van der Waals surface area contributed by atoms with Crippen LogP contribution in [0, 0.1) is 0 Å². The van der Waals surface area contributed by atoms with Gasteiger partial charge in [0.25, 0.3) is 5.56 Å². The highest BCUT2D eigenvalue weighted by atomic mass is 79.9. The van der Waals surface area contributed by atoms with Crippen molar-refractivity contribution in [3.63, 3.8) is 0 Å². The maximum atomic E-state index is 14.0. The van der Waals surface area contributed by atoms with Crippen LogP contribution in [0.2, 0.25) is 5.02 Å². The summed E-state index contributed by atoms with van der Waals surface area (Å²) in [7, 11) is 0. The Morgan fingerprint density at radius 3 is 2.56 bits per heavy atom. The number of rotatable bonds is 5. The molecule has 0 saturated carbocycles. The normalized spacial score (nSPS) is 16.0. The average molecular weight is 640 g/mol. The molecule has 0 unspecified atom stereocenters. The Bertz CT molecular complexity index is 2000. The van der Waals surface area contributed by atoms with Gasteiger partial charge in [-0.25, -0.2) is 4.99 Å². The monoisotopic (exact) mass is 638 g/mol. The molecule has 0 amide bonds. The molecule has 5 aromatic rings. The fraction of sp³-hybridized carbons (Fsp3) is 0.118. The second-order valence-electron chi connectivity index (χ2n) is 10.1. The van der Waals surface area contributed by atoms with E-state index in [4.69, 9.17) is 21.3 Å². The molecule has 4 nitrogen and oxygen atoms in total. The molecule has 41 heavy (non-hydrogen) atoms. The van der Waals surface area contributed by atoms with Crippen LogP contribution in [0.5, 0.6) is 5.75 Å². The van der Waals surface area contributed by atoms with E-state index in [1.54, 1.807) is 0 Å². The first-order valence-corrected chi connectivity index (χ1v) is 15.4. The van der Waals surface area contributed by atoms with Crippen LogP contribution < -0.4 is 19.6 Å². The number of nitrogens with zero attached hydrogens (tertiary/aromatic N) is 2. The summed E-state index contributed by atoms with van der Waals surface area (Å²) in [6.07, 6.45) is 3.71. The lowest BCUT2D eigenvalue weighted by atomic mass is 9.83. The summed E-state index contributed by atoms with van der Waals surface area (Å²) >= 11 is 11.3. The molecule has 7 heteroatoms. The van der Waals surface area contributed by atoms with E-state index in [9.17, 15) is 4.79 Å². The van der Waals surface area contributed by atoms with Gasteiger partial charge in [-0.1, -0.05) is 95.7 Å². The standard InChI is InChI=1S/C34H24BrClN2O2S/c35-28-18-22(10-17-29(28)40-20-21-6-2-1-3-7-21)19-30-33(39)38-32(24-11-14-25(36)15-12-24)27-16-13-23-8-4-5-9-26(23)31(27)37-34(38)41-30/h1-12,14-15,17-19,32H,13,16,20H2/b30-19+/t32-/m0/s1. The molecule has 4 aromatic carbocycles. The maximum Gasteiger partial charge on any atom is 0.271 e. The zero-order chi connectivity index (χ0) is 27.9. The van der Waals surface area contributed by atoms with Gasteiger partial charge in [-0.05, 0) is 86.9 Å². The van der Waals surface area contributed by atoms with E-state index in [1.165, 1.54) is 22.5 Å². The molecular weight excluding hydrogens is 616 g/mol. The van der Waals surface area contributed by atoms with Gasteiger partial charge in [-0.2, -0.15) is 0 Å². The zero-order valence-corrected chi connectivity index (χ0v) is 25.0. The van der Waals surface area contributed by atoms with Crippen LogP contribution in [0.3, 0.4) is 0 Å². The van der Waals surface area contributed by atoms with Crippen LogP contribution in [0.1, 0.15) is 40.3 Å². The first kappa shape index (κ1) is 26.2. The predicted octanol–water partition coefficient (Wildman–Crippen LogP) is 7.31. The van der Waals surface area contributed by atoms with E-state index in [0.717, 1.165) is 51.0 Å². The van der Waals surface area contributed by atoms with Gasteiger partial charge in [0.15, 0.2) is 4.80 Å². The van der Waals surface area contributed by atoms with E-state index in [1.807, 2.05) is 83.4 Å². The Labute approximate surface area is 254 Å². The summed E-state index contributed by atoms with van der Waals surface area (Å²) in [5.74, 6) is 0.751. The van der Waals surface area contributed by atoms with Crippen molar-refractivity contribution in [3.8, 4) is 5.75 Å². The lowest BCUT2D eigenvalue weighted by molar-refractivity contribution is 0.304. The Morgan fingerprint density at radius 2 is 1.76 bits per heavy atom. The summed E-state index contributed by atoms with van der Waals surface area (Å²) < 4.78 is 9.35. The smallest absolute Gasteiger partial charge is 0.271 e. The number of aromatic nitrogens is 1. The van der Waals surface area contributed by atoms with Crippen molar-refractivity contribution in [2.75, 3.05) is 0 Å². The molecule has 0 bridgehead atoms. The summed E-state index contributed by atoms with van der Waals surface area (Å²) in [6, 6.07) is 32.0. The molecule has 0 saturated heterocycles. The van der Waals surface area contributed by atoms with E-state index in [0.29, 0.717) is 21.0 Å². The van der Waals surface area contributed by atoms with Gasteiger partial charge >= 0.3 is 0 Å². The minimum absolute atomic E-state index is 0.0420. The molecular formula is C34H24BrClN2O2S. The van der Waals surface area contributed by atoms with Crippen molar-refractivity contribution in [2.24, 2.45) is 4.99 Å². The van der Waals surface area contributed by atoms with Crippen LogP contribution in [-0.4, -0.2) is 4.57 Å². The number of fused-ring (bicyclic) bond motifs is 3. The van der Waals surface area contributed by atoms with Crippen LogP contribution in [0.4, 0.5) is 0 Å². The molecule has 2 heterocycles. The summed E-state index contributed by atoms with van der Waals surface area (Å²) in [5, 5.41) is 0.672. The van der Waals surface area contributed by atoms with Crippen LogP contribution in [0.15, 0.2) is 117 Å². The summed E-state index contributed by atoms with van der Waals surface area (Å²) in [4.78, 5) is 19.8. The first-order valence-electron chi connectivity index (χ1n) is 13.4. The van der Waals surface area contributed by atoms with Gasteiger partial charge < -0.3 is 4.74 Å². The summed E-state index contributed by atoms with van der Waals surface area (Å²) in [6.45, 7) is 0.482. The van der Waals surface area contributed by atoms with Gasteiger partial charge in [0.05, 0.1) is 20.7 Å². The number of ether oxygens (including phenoxy) is 1. The second kappa shape index (κ2) is 10.9. The van der Waals surface area contributed by atoms with Gasteiger partial charge in [0.1, 0.15) is 12.4 Å². The number of hydrogen-bond donors (Lipinski definition) is 0. The van der Waals surface area contributed by atoms with Crippen molar-refractivity contribution in [1.29, 1.82) is 0 Å². The molecule has 1 atom stereocenters. The van der Waals surface area contributed by atoms with E-state index < -0.39 is 0 Å². The zero-order valence-electron chi connectivity index (χ0n) is 21.9. The number of aryl methyl sites for hydroxylation is 1. The summed E-state index contributed by atoms with van der Waals surface area (Å²) in [5.41, 5.74) is 7.61. The predicted molar refractivity (Wildman–Crippen MR) is 169 cm³/mol. The van der Waals surface area contributed by atoms with E-state index >= 15 is 0 Å². The third-order valence-corrected chi connectivity index (χ3v) is 9.40. The lowest BCUT2D eigenvalue weighted by Gasteiger charge is -2.30. The molecule has 1 aromatic heterocycles. The van der Waals surface area contributed by atoms with Crippen LogP contribution in [-0.2, 0) is 13.0 Å². The molecule has 0 N–H and O–H groups in total. The minimum Gasteiger partial charge on any atom is -0.488 e. The van der Waals surface area contributed by atoms with Crippen molar-refractivity contribution in [3.05, 3.63) is 160 Å². The van der Waals surface area contributed by atoms with Gasteiger partial charge in [0, 0.05) is 10.6 Å². The van der Waals surface area contributed by atoms with E-state index in [2.05, 4.69) is 40.2 Å². The molecule has 0 radical (unpaired) electrons. The van der Waals surface area contributed by atoms with Gasteiger partial charge in [-0.3, -0.25) is 9.36 Å². The highest BCUT2D eigenvalue weighted by Gasteiger charge is 2.32. The molecule has 1 aliphatic carbocycles. The number of benzene rings is 4.